The molecule has 114 valence electrons. The maximum atomic E-state index is 12.0. The standard InChI is InChI=1S/C14H14N4O3S/c1-17-12(8-3-2-4-15-6-8)16-18(14(17)22)9-5-10(19)13-20-7-11(9)21-13/h2-4,6,9,11,13H,5,7H2,1H3. The van der Waals surface area contributed by atoms with Gasteiger partial charge in [0.05, 0.1) is 12.6 Å². The predicted molar refractivity (Wildman–Crippen MR) is 78.5 cm³/mol. The number of hydrogen-bond donors (Lipinski definition) is 0. The molecular formula is C14H14N4O3S. The number of carbonyl (C=O) groups is 1. The Hall–Kier alpha value is -1.90. The topological polar surface area (TPSA) is 71.2 Å². The van der Waals surface area contributed by atoms with Gasteiger partial charge in [-0.3, -0.25) is 9.78 Å². The molecule has 2 bridgehead atoms. The van der Waals surface area contributed by atoms with Crippen LogP contribution in [-0.2, 0) is 21.3 Å². The summed E-state index contributed by atoms with van der Waals surface area (Å²) in [6.07, 6.45) is 2.87. The van der Waals surface area contributed by atoms with Gasteiger partial charge in [-0.05, 0) is 24.4 Å². The van der Waals surface area contributed by atoms with Crippen LogP contribution in [0.25, 0.3) is 11.4 Å². The van der Waals surface area contributed by atoms with Crippen LogP contribution in [0, 0.1) is 4.77 Å². The normalized spacial score (nSPS) is 27.3. The second kappa shape index (κ2) is 5.08. The Bertz CT molecular complexity index is 785. The summed E-state index contributed by atoms with van der Waals surface area (Å²) in [7, 11) is 1.85. The number of ether oxygens (including phenoxy) is 2. The molecule has 4 heterocycles. The van der Waals surface area contributed by atoms with Crippen LogP contribution in [-0.4, -0.2) is 44.1 Å². The average molecular weight is 318 g/mol. The Morgan fingerprint density at radius 3 is 3.09 bits per heavy atom. The van der Waals surface area contributed by atoms with Gasteiger partial charge in [0, 0.05) is 31.4 Å². The van der Waals surface area contributed by atoms with E-state index in [4.69, 9.17) is 21.7 Å². The number of pyridine rings is 1. The van der Waals surface area contributed by atoms with Gasteiger partial charge in [-0.25, -0.2) is 4.68 Å². The first-order valence-electron chi connectivity index (χ1n) is 7.01. The van der Waals surface area contributed by atoms with E-state index in [2.05, 4.69) is 10.1 Å². The van der Waals surface area contributed by atoms with Crippen LogP contribution >= 0.6 is 12.2 Å². The Labute approximate surface area is 131 Å². The molecule has 8 heteroatoms. The molecule has 3 atom stereocenters. The molecule has 3 unspecified atom stereocenters. The second-order valence-electron chi connectivity index (χ2n) is 5.43. The number of fused-ring (bicyclic) bond motifs is 2. The quantitative estimate of drug-likeness (QED) is 0.777. The van der Waals surface area contributed by atoms with Crippen molar-refractivity contribution in [3.05, 3.63) is 29.3 Å². The lowest BCUT2D eigenvalue weighted by atomic mass is 10.0. The molecule has 2 fully saturated rings. The third kappa shape index (κ3) is 2.03. The van der Waals surface area contributed by atoms with Crippen molar-refractivity contribution in [3.8, 4) is 11.4 Å². The van der Waals surface area contributed by atoms with Crippen molar-refractivity contribution < 1.29 is 14.3 Å². The lowest BCUT2D eigenvalue weighted by Crippen LogP contribution is -2.37. The highest BCUT2D eigenvalue weighted by Crippen LogP contribution is 2.33. The Kier molecular flexibility index (Phi) is 3.17. The van der Waals surface area contributed by atoms with E-state index < -0.39 is 6.29 Å². The Morgan fingerprint density at radius 1 is 1.45 bits per heavy atom. The molecule has 0 aliphatic carbocycles. The highest BCUT2D eigenvalue weighted by atomic mass is 32.1. The van der Waals surface area contributed by atoms with Crippen molar-refractivity contribution >= 4 is 18.0 Å². The zero-order chi connectivity index (χ0) is 15.3. The molecule has 0 amide bonds. The first-order chi connectivity index (χ1) is 10.6. The van der Waals surface area contributed by atoms with E-state index in [1.165, 1.54) is 0 Å². The van der Waals surface area contributed by atoms with Crippen LogP contribution in [0.3, 0.4) is 0 Å². The summed E-state index contributed by atoms with van der Waals surface area (Å²) in [6.45, 7) is 0.391. The molecule has 0 aromatic carbocycles. The minimum absolute atomic E-state index is 0.0609. The SMILES string of the molecule is Cn1c(-c2cccnc2)nn(C2CC(=O)C3OCC2O3)c1=S. The van der Waals surface area contributed by atoms with Gasteiger partial charge in [0.2, 0.25) is 6.29 Å². The molecule has 0 radical (unpaired) electrons. The largest absolute Gasteiger partial charge is 0.343 e. The number of carbonyl (C=O) groups excluding carboxylic acids is 1. The zero-order valence-electron chi connectivity index (χ0n) is 11.9. The van der Waals surface area contributed by atoms with Gasteiger partial charge in [-0.1, -0.05) is 0 Å². The molecule has 0 N–H and O–H groups in total. The van der Waals surface area contributed by atoms with Crippen molar-refractivity contribution in [3.63, 3.8) is 0 Å². The van der Waals surface area contributed by atoms with Crippen LogP contribution < -0.4 is 0 Å². The van der Waals surface area contributed by atoms with Gasteiger partial charge >= 0.3 is 0 Å². The van der Waals surface area contributed by atoms with Gasteiger partial charge in [0.15, 0.2) is 16.4 Å². The number of rotatable bonds is 2. The fourth-order valence-electron chi connectivity index (χ4n) is 2.89. The zero-order valence-corrected chi connectivity index (χ0v) is 12.7. The van der Waals surface area contributed by atoms with Gasteiger partial charge in [-0.2, -0.15) is 5.10 Å². The van der Waals surface area contributed by atoms with Crippen LogP contribution in [0.15, 0.2) is 24.5 Å². The summed E-state index contributed by atoms with van der Waals surface area (Å²) in [5.74, 6) is 0.654. The van der Waals surface area contributed by atoms with Crippen LogP contribution in [0.2, 0.25) is 0 Å². The first kappa shape index (κ1) is 13.7. The van der Waals surface area contributed by atoms with E-state index in [1.54, 1.807) is 17.1 Å². The van der Waals surface area contributed by atoms with E-state index >= 15 is 0 Å². The highest BCUT2D eigenvalue weighted by molar-refractivity contribution is 7.71. The summed E-state index contributed by atoms with van der Waals surface area (Å²) in [4.78, 5) is 16.1. The average Bonchev–Trinajstić information content (AvgIpc) is 3.09. The number of Topliss-reactive ketones (excluding diaryl/α,β-unsaturated/α-hetero) is 1. The number of aromatic nitrogens is 4. The molecule has 4 rings (SSSR count). The molecule has 2 aliphatic rings. The molecular weight excluding hydrogens is 304 g/mol. The third-order valence-electron chi connectivity index (χ3n) is 4.05. The molecule has 7 nitrogen and oxygen atoms in total. The van der Waals surface area contributed by atoms with Gasteiger partial charge in [0.25, 0.3) is 0 Å². The van der Waals surface area contributed by atoms with Gasteiger partial charge < -0.3 is 14.0 Å². The first-order valence-corrected chi connectivity index (χ1v) is 7.41. The predicted octanol–water partition coefficient (Wildman–Crippen LogP) is 1.27. The summed E-state index contributed by atoms with van der Waals surface area (Å²) in [6, 6.07) is 3.54. The molecule has 0 spiro atoms. The summed E-state index contributed by atoms with van der Waals surface area (Å²) < 4.78 is 15.0. The molecule has 2 aromatic heterocycles. The van der Waals surface area contributed by atoms with E-state index in [-0.39, 0.29) is 17.9 Å². The van der Waals surface area contributed by atoms with Crippen LogP contribution in [0.5, 0.6) is 0 Å². The minimum atomic E-state index is -0.711. The van der Waals surface area contributed by atoms with Crippen molar-refractivity contribution in [1.82, 2.24) is 19.3 Å². The fourth-order valence-corrected chi connectivity index (χ4v) is 3.15. The summed E-state index contributed by atoms with van der Waals surface area (Å²) in [5.41, 5.74) is 0.874. The van der Waals surface area contributed by atoms with Crippen molar-refractivity contribution in [1.29, 1.82) is 0 Å². The molecule has 2 saturated heterocycles. The molecule has 2 aromatic rings. The van der Waals surface area contributed by atoms with Crippen molar-refractivity contribution in [2.75, 3.05) is 6.61 Å². The minimum Gasteiger partial charge on any atom is -0.343 e. The third-order valence-corrected chi connectivity index (χ3v) is 4.51. The lowest BCUT2D eigenvalue weighted by molar-refractivity contribution is -0.156. The van der Waals surface area contributed by atoms with Gasteiger partial charge in [0.1, 0.15) is 6.10 Å². The Balaban J connectivity index is 1.77. The highest BCUT2D eigenvalue weighted by Gasteiger charge is 2.45. The van der Waals surface area contributed by atoms with Crippen molar-refractivity contribution in [2.45, 2.75) is 24.9 Å². The number of nitrogens with zero attached hydrogens (tertiary/aromatic N) is 4. The smallest absolute Gasteiger partial charge is 0.218 e. The molecule has 0 saturated carbocycles. The van der Waals surface area contributed by atoms with E-state index in [9.17, 15) is 4.79 Å². The van der Waals surface area contributed by atoms with E-state index in [0.29, 0.717) is 23.6 Å². The fraction of sp³-hybridized carbons (Fsp3) is 0.429. The van der Waals surface area contributed by atoms with E-state index in [1.807, 2.05) is 23.7 Å². The van der Waals surface area contributed by atoms with Crippen molar-refractivity contribution in [2.24, 2.45) is 7.05 Å². The monoisotopic (exact) mass is 318 g/mol. The summed E-state index contributed by atoms with van der Waals surface area (Å²) in [5, 5.41) is 4.60. The second-order valence-corrected chi connectivity index (χ2v) is 5.79. The number of hydrogen-bond acceptors (Lipinski definition) is 6. The molecule has 2 aliphatic heterocycles. The maximum Gasteiger partial charge on any atom is 0.218 e. The lowest BCUT2D eigenvalue weighted by Gasteiger charge is -2.26. The molecule has 22 heavy (non-hydrogen) atoms. The van der Waals surface area contributed by atoms with Gasteiger partial charge in [-0.15, -0.1) is 0 Å². The van der Waals surface area contributed by atoms with Crippen LogP contribution in [0.4, 0.5) is 0 Å². The van der Waals surface area contributed by atoms with Crippen LogP contribution in [0.1, 0.15) is 12.5 Å². The number of ketones is 1. The Morgan fingerprint density at radius 2 is 2.32 bits per heavy atom. The summed E-state index contributed by atoms with van der Waals surface area (Å²) >= 11 is 5.48. The van der Waals surface area contributed by atoms with E-state index in [0.717, 1.165) is 5.56 Å². The maximum absolute atomic E-state index is 12.0.